The Morgan fingerprint density at radius 3 is 2.20 bits per heavy atom. The van der Waals surface area contributed by atoms with Crippen LogP contribution in [0.5, 0.6) is 0 Å². The van der Waals surface area contributed by atoms with Gasteiger partial charge in [0.2, 0.25) is 10.0 Å². The summed E-state index contributed by atoms with van der Waals surface area (Å²) in [5.74, 6) is 0.317. The fourth-order valence-corrected chi connectivity index (χ4v) is 3.61. The zero-order valence-electron chi connectivity index (χ0n) is 12.9. The lowest BCUT2D eigenvalue weighted by molar-refractivity contribution is 0.381. The molecule has 0 radical (unpaired) electrons. The van der Waals surface area contributed by atoms with Crippen molar-refractivity contribution in [2.24, 2.45) is 5.92 Å². The van der Waals surface area contributed by atoms with Gasteiger partial charge in [-0.05, 0) is 30.2 Å². The lowest BCUT2D eigenvalue weighted by Gasteiger charge is -2.22. The molecule has 4 nitrogen and oxygen atoms in total. The summed E-state index contributed by atoms with van der Waals surface area (Å²) < 4.78 is 26.6. The van der Waals surface area contributed by atoms with E-state index in [2.05, 4.69) is 5.32 Å². The molecule has 0 atom stereocenters. The smallest absolute Gasteiger partial charge is 0.243 e. The molecule has 0 aliphatic rings. The van der Waals surface area contributed by atoms with Crippen LogP contribution in [0.2, 0.25) is 0 Å². The van der Waals surface area contributed by atoms with Crippen LogP contribution in [0.4, 0.5) is 0 Å². The number of nitrogens with one attached hydrogen (secondary N) is 1. The van der Waals surface area contributed by atoms with Crippen molar-refractivity contribution in [1.29, 1.82) is 0 Å². The van der Waals surface area contributed by atoms with E-state index in [0.29, 0.717) is 23.9 Å². The minimum atomic E-state index is -3.37. The zero-order chi connectivity index (χ0) is 15.2. The summed E-state index contributed by atoms with van der Waals surface area (Å²) in [4.78, 5) is 0.375. The van der Waals surface area contributed by atoms with E-state index >= 15 is 0 Å². The maximum absolute atomic E-state index is 12.5. The van der Waals surface area contributed by atoms with E-state index < -0.39 is 10.0 Å². The van der Waals surface area contributed by atoms with Gasteiger partial charge in [-0.25, -0.2) is 8.42 Å². The molecule has 0 aliphatic heterocycles. The van der Waals surface area contributed by atoms with Crippen LogP contribution in [0.1, 0.15) is 33.3 Å². The molecule has 1 N–H and O–H groups in total. The molecule has 0 saturated carbocycles. The third-order valence-electron chi connectivity index (χ3n) is 3.06. The SMILES string of the molecule is CCNCc1ccc(S(=O)(=O)N(CC)CC(C)C)cc1. The number of hydrogen-bond acceptors (Lipinski definition) is 3. The molecular weight excluding hydrogens is 272 g/mol. The molecule has 114 valence electrons. The predicted molar refractivity (Wildman–Crippen MR) is 83.1 cm³/mol. The summed E-state index contributed by atoms with van der Waals surface area (Å²) in [5.41, 5.74) is 1.10. The van der Waals surface area contributed by atoms with E-state index in [1.807, 2.05) is 39.8 Å². The highest BCUT2D eigenvalue weighted by Crippen LogP contribution is 2.17. The standard InChI is InChI=1S/C15H26N2O2S/c1-5-16-11-14-7-9-15(10-8-14)20(18,19)17(6-2)12-13(3)4/h7-10,13,16H,5-6,11-12H2,1-4H3. The van der Waals surface area contributed by atoms with Crippen LogP contribution in [-0.4, -0.2) is 32.4 Å². The van der Waals surface area contributed by atoms with Crippen LogP contribution in [0, 0.1) is 5.92 Å². The minimum absolute atomic E-state index is 0.317. The van der Waals surface area contributed by atoms with Crippen LogP contribution in [-0.2, 0) is 16.6 Å². The average Bonchev–Trinajstić information content (AvgIpc) is 2.42. The highest BCUT2D eigenvalue weighted by Gasteiger charge is 2.23. The van der Waals surface area contributed by atoms with Crippen LogP contribution in [0.15, 0.2) is 29.2 Å². The largest absolute Gasteiger partial charge is 0.313 e. The van der Waals surface area contributed by atoms with Crippen molar-refractivity contribution in [3.8, 4) is 0 Å². The summed E-state index contributed by atoms with van der Waals surface area (Å²) in [6, 6.07) is 7.15. The highest BCUT2D eigenvalue weighted by molar-refractivity contribution is 7.89. The second kappa shape index (κ2) is 7.76. The van der Waals surface area contributed by atoms with Gasteiger partial charge >= 0.3 is 0 Å². The average molecular weight is 298 g/mol. The molecule has 1 aromatic carbocycles. The summed E-state index contributed by atoms with van der Waals surface area (Å²) >= 11 is 0. The van der Waals surface area contributed by atoms with E-state index in [0.717, 1.165) is 18.7 Å². The van der Waals surface area contributed by atoms with Gasteiger partial charge < -0.3 is 5.32 Å². The van der Waals surface area contributed by atoms with Crippen molar-refractivity contribution >= 4 is 10.0 Å². The summed E-state index contributed by atoms with van der Waals surface area (Å²) in [7, 11) is -3.37. The van der Waals surface area contributed by atoms with Crippen molar-refractivity contribution in [2.75, 3.05) is 19.6 Å². The van der Waals surface area contributed by atoms with Crippen molar-refractivity contribution in [2.45, 2.75) is 39.1 Å². The Labute approximate surface area is 123 Å². The lowest BCUT2D eigenvalue weighted by atomic mass is 10.2. The summed E-state index contributed by atoms with van der Waals surface area (Å²) in [6.07, 6.45) is 0. The van der Waals surface area contributed by atoms with Gasteiger partial charge in [-0.3, -0.25) is 0 Å². The molecule has 0 spiro atoms. The Hall–Kier alpha value is -0.910. The summed E-state index contributed by atoms with van der Waals surface area (Å²) in [5, 5.41) is 3.22. The number of nitrogens with zero attached hydrogens (tertiary/aromatic N) is 1. The van der Waals surface area contributed by atoms with Crippen molar-refractivity contribution in [3.05, 3.63) is 29.8 Å². The molecule has 0 bridgehead atoms. The monoisotopic (exact) mass is 298 g/mol. The number of rotatable bonds is 8. The van der Waals surface area contributed by atoms with Gasteiger partial charge in [0.05, 0.1) is 4.90 Å². The normalized spacial score (nSPS) is 12.3. The van der Waals surface area contributed by atoms with Gasteiger partial charge in [0.1, 0.15) is 0 Å². The molecule has 0 aliphatic carbocycles. The minimum Gasteiger partial charge on any atom is -0.313 e. The Bertz CT molecular complexity index is 495. The number of benzene rings is 1. The molecule has 0 heterocycles. The second-order valence-electron chi connectivity index (χ2n) is 5.27. The van der Waals surface area contributed by atoms with Crippen LogP contribution >= 0.6 is 0 Å². The highest BCUT2D eigenvalue weighted by atomic mass is 32.2. The maximum Gasteiger partial charge on any atom is 0.243 e. The maximum atomic E-state index is 12.5. The first-order chi connectivity index (χ1) is 9.41. The van der Waals surface area contributed by atoms with Crippen LogP contribution in [0.25, 0.3) is 0 Å². The molecule has 5 heteroatoms. The number of sulfonamides is 1. The lowest BCUT2D eigenvalue weighted by Crippen LogP contribution is -2.34. The van der Waals surface area contributed by atoms with Gasteiger partial charge in [-0.1, -0.05) is 39.8 Å². The van der Waals surface area contributed by atoms with Crippen molar-refractivity contribution in [1.82, 2.24) is 9.62 Å². The van der Waals surface area contributed by atoms with Gasteiger partial charge in [0, 0.05) is 19.6 Å². The molecule has 0 fully saturated rings. The Morgan fingerprint density at radius 2 is 1.75 bits per heavy atom. The quantitative estimate of drug-likeness (QED) is 0.802. The second-order valence-corrected chi connectivity index (χ2v) is 7.21. The third kappa shape index (κ3) is 4.58. The fourth-order valence-electron chi connectivity index (χ4n) is 2.00. The predicted octanol–water partition coefficient (Wildman–Crippen LogP) is 2.46. The molecular formula is C15H26N2O2S. The van der Waals surface area contributed by atoms with Gasteiger partial charge in [0.15, 0.2) is 0 Å². The van der Waals surface area contributed by atoms with Gasteiger partial charge in [0.25, 0.3) is 0 Å². The third-order valence-corrected chi connectivity index (χ3v) is 5.02. The Kier molecular flexibility index (Phi) is 6.65. The van der Waals surface area contributed by atoms with Gasteiger partial charge in [-0.15, -0.1) is 0 Å². The van der Waals surface area contributed by atoms with E-state index in [1.54, 1.807) is 12.1 Å². The molecule has 20 heavy (non-hydrogen) atoms. The molecule has 1 rings (SSSR count). The first-order valence-electron chi connectivity index (χ1n) is 7.21. The molecule has 0 saturated heterocycles. The van der Waals surface area contributed by atoms with E-state index in [9.17, 15) is 8.42 Å². The molecule has 1 aromatic rings. The van der Waals surface area contributed by atoms with Crippen molar-refractivity contribution in [3.63, 3.8) is 0 Å². The fraction of sp³-hybridized carbons (Fsp3) is 0.600. The summed E-state index contributed by atoms with van der Waals surface area (Å²) in [6.45, 7) is 10.7. The van der Waals surface area contributed by atoms with Crippen LogP contribution in [0.3, 0.4) is 0 Å². The molecule has 0 aromatic heterocycles. The molecule has 0 unspecified atom stereocenters. The van der Waals surface area contributed by atoms with E-state index in [1.165, 1.54) is 4.31 Å². The van der Waals surface area contributed by atoms with E-state index in [-0.39, 0.29) is 0 Å². The van der Waals surface area contributed by atoms with Gasteiger partial charge in [-0.2, -0.15) is 4.31 Å². The van der Waals surface area contributed by atoms with Crippen LogP contribution < -0.4 is 5.32 Å². The van der Waals surface area contributed by atoms with E-state index in [4.69, 9.17) is 0 Å². The molecule has 0 amide bonds. The Morgan fingerprint density at radius 1 is 1.15 bits per heavy atom. The first kappa shape index (κ1) is 17.1. The van der Waals surface area contributed by atoms with Crippen molar-refractivity contribution < 1.29 is 8.42 Å². The topological polar surface area (TPSA) is 49.4 Å². The zero-order valence-corrected chi connectivity index (χ0v) is 13.7. The first-order valence-corrected chi connectivity index (χ1v) is 8.65. The number of hydrogen-bond donors (Lipinski definition) is 1. The Balaban J connectivity index is 2.91.